The van der Waals surface area contributed by atoms with Crippen molar-refractivity contribution in [3.63, 3.8) is 0 Å². The molecule has 158 valence electrons. The van der Waals surface area contributed by atoms with Crippen LogP contribution in [-0.2, 0) is 4.79 Å². The number of nitrogens with one attached hydrogen (secondary N) is 3. The van der Waals surface area contributed by atoms with E-state index in [9.17, 15) is 25.0 Å². The summed E-state index contributed by atoms with van der Waals surface area (Å²) in [5.74, 6) is -0.414. The summed E-state index contributed by atoms with van der Waals surface area (Å²) in [6.45, 7) is 1.57. The van der Waals surface area contributed by atoms with E-state index in [2.05, 4.69) is 20.9 Å². The summed E-state index contributed by atoms with van der Waals surface area (Å²) in [5.41, 5.74) is 7.18. The number of urea groups is 1. The topological polar surface area (TPSA) is 176 Å². The number of pyridine rings is 1. The van der Waals surface area contributed by atoms with Gasteiger partial charge in [0.15, 0.2) is 0 Å². The normalized spacial score (nSPS) is 15.5. The number of nitro groups is 1. The average molecular weight is 439 g/mol. The van der Waals surface area contributed by atoms with E-state index in [4.69, 9.17) is 5.73 Å². The van der Waals surface area contributed by atoms with Crippen molar-refractivity contribution in [1.29, 1.82) is 5.26 Å². The highest BCUT2D eigenvalue weighted by Gasteiger charge is 2.31. The molecule has 1 atom stereocenters. The largest absolute Gasteiger partial charge is 0.397 e. The molecule has 12 heteroatoms. The number of non-ortho nitro benzene ring substituents is 1. The number of nitrogens with zero attached hydrogens (tertiary/aromatic N) is 3. The summed E-state index contributed by atoms with van der Waals surface area (Å²) < 4.78 is 0. The van der Waals surface area contributed by atoms with Gasteiger partial charge < -0.3 is 21.7 Å². The van der Waals surface area contributed by atoms with Gasteiger partial charge in [-0.3, -0.25) is 14.9 Å². The maximum Gasteiger partial charge on any atom is 0.319 e. The first-order valence-corrected chi connectivity index (χ1v) is 10.1. The van der Waals surface area contributed by atoms with Crippen molar-refractivity contribution in [1.82, 2.24) is 15.6 Å². The van der Waals surface area contributed by atoms with Crippen LogP contribution in [0.1, 0.15) is 24.1 Å². The van der Waals surface area contributed by atoms with Crippen molar-refractivity contribution in [3.05, 3.63) is 62.8 Å². The number of hydrogen-bond donors (Lipinski definition) is 4. The zero-order chi connectivity index (χ0) is 22.7. The predicted molar refractivity (Wildman–Crippen MR) is 114 cm³/mol. The molecule has 1 aromatic carbocycles. The van der Waals surface area contributed by atoms with Crippen molar-refractivity contribution in [2.75, 3.05) is 17.3 Å². The molecule has 0 spiro atoms. The number of nitriles is 1. The van der Waals surface area contributed by atoms with Crippen molar-refractivity contribution >= 4 is 40.9 Å². The minimum absolute atomic E-state index is 0.113. The van der Waals surface area contributed by atoms with E-state index in [1.807, 2.05) is 6.07 Å². The van der Waals surface area contributed by atoms with Crippen molar-refractivity contribution in [2.24, 2.45) is 0 Å². The molecule has 1 aliphatic heterocycles. The molecule has 0 saturated carbocycles. The Bertz CT molecular complexity index is 1160. The van der Waals surface area contributed by atoms with E-state index in [1.54, 1.807) is 13.2 Å². The highest BCUT2D eigenvalue weighted by atomic mass is 32.2. The van der Waals surface area contributed by atoms with Crippen LogP contribution >= 0.6 is 11.8 Å². The summed E-state index contributed by atoms with van der Waals surface area (Å²) >= 11 is 1.21. The highest BCUT2D eigenvalue weighted by Crippen LogP contribution is 2.30. The van der Waals surface area contributed by atoms with Crippen LogP contribution < -0.4 is 21.7 Å². The van der Waals surface area contributed by atoms with Gasteiger partial charge in [-0.2, -0.15) is 5.26 Å². The Hall–Kier alpha value is -4.11. The Morgan fingerprint density at radius 3 is 2.65 bits per heavy atom. The minimum atomic E-state index is -0.842. The number of allylic oxidation sites excluding steroid dienone is 1. The van der Waals surface area contributed by atoms with Crippen LogP contribution in [0.15, 0.2) is 46.6 Å². The number of carbonyl (C=O) groups excluding carboxylic acids is 2. The number of hydrogen-bond acceptors (Lipinski definition) is 8. The van der Waals surface area contributed by atoms with Gasteiger partial charge in [0.2, 0.25) is 0 Å². The Labute approximate surface area is 180 Å². The molecule has 0 saturated heterocycles. The molecule has 2 aromatic rings. The fourth-order valence-corrected chi connectivity index (χ4v) is 3.64. The van der Waals surface area contributed by atoms with Crippen LogP contribution in [-0.4, -0.2) is 28.1 Å². The van der Waals surface area contributed by atoms with Crippen LogP contribution in [0.25, 0.3) is 0 Å². The van der Waals surface area contributed by atoms with Crippen LogP contribution in [0.3, 0.4) is 0 Å². The van der Waals surface area contributed by atoms with Crippen molar-refractivity contribution in [2.45, 2.75) is 18.0 Å². The minimum Gasteiger partial charge on any atom is -0.397 e. The molecule has 31 heavy (non-hydrogen) atoms. The molecule has 3 rings (SSSR count). The maximum absolute atomic E-state index is 13.1. The monoisotopic (exact) mass is 439 g/mol. The molecule has 1 unspecified atom stereocenters. The molecule has 0 radical (unpaired) electrons. The van der Waals surface area contributed by atoms with Gasteiger partial charge >= 0.3 is 6.03 Å². The first-order chi connectivity index (χ1) is 14.7. The number of benzene rings is 1. The standard InChI is InChI=1S/C19H17N7O4S/c1-9-15(17(27)23-14-7-13(21)12(8-20)18(24-14)31-2)16(25-19(28)22-9)10-3-5-11(6-4-10)26(29)30/h3-7,16H,1-2H3,(H2,22,25,28)(H3,21,23,24,27). The summed E-state index contributed by atoms with van der Waals surface area (Å²) in [5, 5.41) is 28.3. The number of rotatable bonds is 5. The van der Waals surface area contributed by atoms with Crippen LogP contribution in [0.4, 0.5) is 22.0 Å². The van der Waals surface area contributed by atoms with E-state index in [0.717, 1.165) is 0 Å². The van der Waals surface area contributed by atoms with Gasteiger partial charge in [-0.1, -0.05) is 0 Å². The highest BCUT2D eigenvalue weighted by molar-refractivity contribution is 7.98. The van der Waals surface area contributed by atoms with Crippen molar-refractivity contribution in [3.8, 4) is 6.07 Å². The third kappa shape index (κ3) is 4.41. The summed E-state index contributed by atoms with van der Waals surface area (Å²) in [6, 6.07) is 7.53. The lowest BCUT2D eigenvalue weighted by Gasteiger charge is -2.28. The van der Waals surface area contributed by atoms with E-state index in [-0.39, 0.29) is 28.3 Å². The number of nitro benzene ring substituents is 1. The zero-order valence-electron chi connectivity index (χ0n) is 16.4. The molecular weight excluding hydrogens is 422 g/mol. The molecular formula is C19H17N7O4S. The fraction of sp³-hybridized carbons (Fsp3) is 0.158. The first-order valence-electron chi connectivity index (χ1n) is 8.83. The SMILES string of the molecule is CSc1nc(NC(=O)C2=C(C)NC(=O)NC2c2ccc([N+](=O)[O-])cc2)cc(N)c1C#N. The third-order valence-corrected chi connectivity index (χ3v) is 5.20. The van der Waals surface area contributed by atoms with E-state index < -0.39 is 22.9 Å². The van der Waals surface area contributed by atoms with Crippen molar-refractivity contribution < 1.29 is 14.5 Å². The second-order valence-electron chi connectivity index (χ2n) is 6.47. The van der Waals surface area contributed by atoms with E-state index >= 15 is 0 Å². The molecule has 2 heterocycles. The Balaban J connectivity index is 1.96. The van der Waals surface area contributed by atoms with Gasteiger partial charge in [-0.15, -0.1) is 11.8 Å². The number of anilines is 2. The molecule has 0 fully saturated rings. The quantitative estimate of drug-likeness (QED) is 0.312. The smallest absolute Gasteiger partial charge is 0.319 e. The molecule has 3 amide bonds. The number of amides is 3. The van der Waals surface area contributed by atoms with E-state index in [1.165, 1.54) is 42.1 Å². The molecule has 1 aromatic heterocycles. The van der Waals surface area contributed by atoms with Crippen LogP contribution in [0.5, 0.6) is 0 Å². The lowest BCUT2D eigenvalue weighted by atomic mass is 9.94. The van der Waals surface area contributed by atoms with Crippen LogP contribution in [0.2, 0.25) is 0 Å². The number of carbonyl (C=O) groups is 2. The van der Waals surface area contributed by atoms with Gasteiger partial charge in [0.1, 0.15) is 22.5 Å². The molecule has 1 aliphatic rings. The second-order valence-corrected chi connectivity index (χ2v) is 7.26. The number of nitrogens with two attached hydrogens (primary N) is 1. The number of nitrogen functional groups attached to an aromatic ring is 1. The molecule has 5 N–H and O–H groups in total. The third-order valence-electron chi connectivity index (χ3n) is 4.51. The number of thioether (sulfide) groups is 1. The lowest BCUT2D eigenvalue weighted by Crippen LogP contribution is -2.46. The van der Waals surface area contributed by atoms with Gasteiger partial charge in [0, 0.05) is 23.9 Å². The average Bonchev–Trinajstić information content (AvgIpc) is 2.72. The molecule has 11 nitrogen and oxygen atoms in total. The Kier molecular flexibility index (Phi) is 6.07. The summed E-state index contributed by atoms with van der Waals surface area (Å²) in [7, 11) is 0. The number of aromatic nitrogens is 1. The van der Waals surface area contributed by atoms with Crippen LogP contribution in [0, 0.1) is 21.4 Å². The molecule has 0 bridgehead atoms. The zero-order valence-corrected chi connectivity index (χ0v) is 17.2. The van der Waals surface area contributed by atoms with Gasteiger partial charge in [-0.05, 0) is 30.9 Å². The van der Waals surface area contributed by atoms with Gasteiger partial charge in [-0.25, -0.2) is 9.78 Å². The fourth-order valence-electron chi connectivity index (χ4n) is 3.08. The van der Waals surface area contributed by atoms with Gasteiger partial charge in [0.05, 0.1) is 22.2 Å². The lowest BCUT2D eigenvalue weighted by molar-refractivity contribution is -0.384. The summed E-state index contributed by atoms with van der Waals surface area (Å²) in [4.78, 5) is 39.7. The Morgan fingerprint density at radius 1 is 1.39 bits per heavy atom. The Morgan fingerprint density at radius 2 is 2.06 bits per heavy atom. The predicted octanol–water partition coefficient (Wildman–Crippen LogP) is 2.43. The second kappa shape index (κ2) is 8.72. The first kappa shape index (κ1) is 21.6. The maximum atomic E-state index is 13.1. The molecule has 0 aliphatic carbocycles. The van der Waals surface area contributed by atoms with E-state index in [0.29, 0.717) is 16.3 Å². The summed E-state index contributed by atoms with van der Waals surface area (Å²) in [6.07, 6.45) is 1.73. The van der Waals surface area contributed by atoms with Gasteiger partial charge in [0.25, 0.3) is 11.6 Å².